The van der Waals surface area contributed by atoms with E-state index in [0.29, 0.717) is 10.8 Å². The third kappa shape index (κ3) is 3.29. The van der Waals surface area contributed by atoms with Gasteiger partial charge in [-0.1, -0.05) is 41.5 Å². The van der Waals surface area contributed by atoms with Gasteiger partial charge in [0.15, 0.2) is 0 Å². The van der Waals surface area contributed by atoms with Crippen LogP contribution < -0.4 is 5.32 Å². The molecule has 3 unspecified atom stereocenters. The molecule has 2 rings (SSSR count). The minimum absolute atomic E-state index is 0.507. The molecule has 0 aromatic heterocycles. The van der Waals surface area contributed by atoms with Crippen molar-refractivity contribution in [2.24, 2.45) is 22.7 Å². The molecule has 1 nitrogen and oxygen atoms in total. The van der Waals surface area contributed by atoms with Crippen LogP contribution in [0.2, 0.25) is 0 Å². The monoisotopic (exact) mass is 251 g/mol. The molecule has 106 valence electrons. The smallest absolute Gasteiger partial charge is 0.00979 e. The Hall–Kier alpha value is -0.0400. The lowest BCUT2D eigenvalue weighted by molar-refractivity contribution is 0.0775. The van der Waals surface area contributed by atoms with E-state index in [0.717, 1.165) is 23.9 Å². The van der Waals surface area contributed by atoms with Crippen LogP contribution >= 0.6 is 0 Å². The molecule has 0 aromatic carbocycles. The van der Waals surface area contributed by atoms with Gasteiger partial charge in [-0.15, -0.1) is 0 Å². The predicted molar refractivity (Wildman–Crippen MR) is 79.7 cm³/mol. The van der Waals surface area contributed by atoms with Crippen molar-refractivity contribution < 1.29 is 0 Å². The summed E-state index contributed by atoms with van der Waals surface area (Å²) in [5.74, 6) is 1.77. The van der Waals surface area contributed by atoms with Crippen molar-refractivity contribution in [3.8, 4) is 0 Å². The van der Waals surface area contributed by atoms with Crippen molar-refractivity contribution >= 4 is 0 Å². The highest BCUT2D eigenvalue weighted by Crippen LogP contribution is 2.46. The van der Waals surface area contributed by atoms with Crippen LogP contribution in [0.4, 0.5) is 0 Å². The van der Waals surface area contributed by atoms with Gasteiger partial charge in [-0.05, 0) is 54.8 Å². The van der Waals surface area contributed by atoms with Crippen molar-refractivity contribution in [1.82, 2.24) is 5.32 Å². The second-order valence-corrected chi connectivity index (χ2v) is 8.80. The average molecular weight is 251 g/mol. The van der Waals surface area contributed by atoms with Gasteiger partial charge in [0.05, 0.1) is 0 Å². The number of hydrogen-bond donors (Lipinski definition) is 1. The lowest BCUT2D eigenvalue weighted by atomic mass is 9.63. The van der Waals surface area contributed by atoms with Gasteiger partial charge in [0.2, 0.25) is 0 Å². The quantitative estimate of drug-likeness (QED) is 0.755. The van der Waals surface area contributed by atoms with Crippen LogP contribution in [0.5, 0.6) is 0 Å². The van der Waals surface area contributed by atoms with E-state index < -0.39 is 0 Å². The maximum atomic E-state index is 4.01. The third-order valence-electron chi connectivity index (χ3n) is 5.47. The highest BCUT2D eigenvalue weighted by atomic mass is 15.0. The number of nitrogens with one attached hydrogen (secondary N) is 1. The van der Waals surface area contributed by atoms with Crippen molar-refractivity contribution in [2.45, 2.75) is 85.7 Å². The molecule has 0 aromatic rings. The van der Waals surface area contributed by atoms with Crippen LogP contribution in [0.25, 0.3) is 0 Å². The Bertz CT molecular complexity index is 276. The zero-order valence-electron chi connectivity index (χ0n) is 13.3. The maximum absolute atomic E-state index is 4.01. The van der Waals surface area contributed by atoms with E-state index in [-0.39, 0.29) is 0 Å². The van der Waals surface area contributed by atoms with E-state index >= 15 is 0 Å². The molecule has 18 heavy (non-hydrogen) atoms. The van der Waals surface area contributed by atoms with Gasteiger partial charge in [0, 0.05) is 12.1 Å². The highest BCUT2D eigenvalue weighted by molar-refractivity contribution is 4.95. The minimum atomic E-state index is 0.507. The van der Waals surface area contributed by atoms with Gasteiger partial charge in [-0.3, -0.25) is 0 Å². The fourth-order valence-electron chi connectivity index (χ4n) is 4.87. The molecule has 0 heterocycles. The van der Waals surface area contributed by atoms with E-state index in [4.69, 9.17) is 0 Å². The molecule has 3 atom stereocenters. The van der Waals surface area contributed by atoms with E-state index in [1.165, 1.54) is 32.1 Å². The molecule has 2 saturated carbocycles. The van der Waals surface area contributed by atoms with Gasteiger partial charge in [0.1, 0.15) is 0 Å². The molecule has 0 saturated heterocycles. The first-order chi connectivity index (χ1) is 8.19. The topological polar surface area (TPSA) is 12.0 Å². The lowest BCUT2D eigenvalue weighted by Crippen LogP contribution is -2.48. The standard InChI is InChI=1S/C17H33N/c1-12-7-8-15(13(12)2)18-14-9-16(3,4)11-17(5,6)10-14/h12-15,18H,7-11H2,1-6H3. The lowest BCUT2D eigenvalue weighted by Gasteiger charge is -2.46. The van der Waals surface area contributed by atoms with Crippen molar-refractivity contribution in [3.05, 3.63) is 0 Å². The zero-order valence-corrected chi connectivity index (χ0v) is 13.3. The molecule has 1 heteroatoms. The molecule has 2 aliphatic rings. The van der Waals surface area contributed by atoms with E-state index in [1.807, 2.05) is 0 Å². The summed E-state index contributed by atoms with van der Waals surface area (Å²) in [5, 5.41) is 4.01. The predicted octanol–water partition coefficient (Wildman–Crippen LogP) is 4.62. The zero-order chi connectivity index (χ0) is 13.6. The second kappa shape index (κ2) is 4.81. The largest absolute Gasteiger partial charge is 0.311 e. The fraction of sp³-hybridized carbons (Fsp3) is 1.00. The Balaban J connectivity index is 1.97. The summed E-state index contributed by atoms with van der Waals surface area (Å²) in [6.07, 6.45) is 6.88. The number of hydrogen-bond acceptors (Lipinski definition) is 1. The Morgan fingerprint density at radius 1 is 0.889 bits per heavy atom. The van der Waals surface area contributed by atoms with Gasteiger partial charge < -0.3 is 5.32 Å². The summed E-state index contributed by atoms with van der Waals surface area (Å²) in [5.41, 5.74) is 1.01. The van der Waals surface area contributed by atoms with Crippen LogP contribution in [0.15, 0.2) is 0 Å². The first kappa shape index (κ1) is 14.4. The summed E-state index contributed by atoms with van der Waals surface area (Å²) in [4.78, 5) is 0. The van der Waals surface area contributed by atoms with Crippen LogP contribution in [-0.2, 0) is 0 Å². The van der Waals surface area contributed by atoms with Crippen molar-refractivity contribution in [2.75, 3.05) is 0 Å². The van der Waals surface area contributed by atoms with Gasteiger partial charge >= 0.3 is 0 Å². The van der Waals surface area contributed by atoms with Crippen LogP contribution in [0.1, 0.15) is 73.6 Å². The first-order valence-electron chi connectivity index (χ1n) is 7.95. The summed E-state index contributed by atoms with van der Waals surface area (Å²) in [6, 6.07) is 1.51. The summed E-state index contributed by atoms with van der Waals surface area (Å²) >= 11 is 0. The second-order valence-electron chi connectivity index (χ2n) is 8.80. The minimum Gasteiger partial charge on any atom is -0.311 e. The summed E-state index contributed by atoms with van der Waals surface area (Å²) in [7, 11) is 0. The maximum Gasteiger partial charge on any atom is 0.00979 e. The Labute approximate surface area is 114 Å². The Morgan fingerprint density at radius 3 is 1.89 bits per heavy atom. The fourth-order valence-corrected chi connectivity index (χ4v) is 4.87. The van der Waals surface area contributed by atoms with Gasteiger partial charge in [0.25, 0.3) is 0 Å². The molecule has 0 radical (unpaired) electrons. The van der Waals surface area contributed by atoms with Gasteiger partial charge in [-0.2, -0.15) is 0 Å². The molecule has 0 amide bonds. The normalized spacial score (nSPS) is 40.0. The molecule has 0 aliphatic heterocycles. The number of rotatable bonds is 2. The van der Waals surface area contributed by atoms with Crippen molar-refractivity contribution in [3.63, 3.8) is 0 Å². The summed E-state index contributed by atoms with van der Waals surface area (Å²) < 4.78 is 0. The van der Waals surface area contributed by atoms with Gasteiger partial charge in [-0.25, -0.2) is 0 Å². The van der Waals surface area contributed by atoms with E-state index in [2.05, 4.69) is 46.9 Å². The van der Waals surface area contributed by atoms with Crippen LogP contribution in [-0.4, -0.2) is 12.1 Å². The molecule has 1 N–H and O–H groups in total. The Kier molecular flexibility index (Phi) is 3.84. The molecular formula is C17H33N. The highest BCUT2D eigenvalue weighted by Gasteiger charge is 2.40. The molecule has 0 bridgehead atoms. The molecular weight excluding hydrogens is 218 g/mol. The van der Waals surface area contributed by atoms with E-state index in [9.17, 15) is 0 Å². The third-order valence-corrected chi connectivity index (χ3v) is 5.47. The van der Waals surface area contributed by atoms with Crippen LogP contribution in [0.3, 0.4) is 0 Å². The summed E-state index contributed by atoms with van der Waals surface area (Å²) in [6.45, 7) is 14.6. The van der Waals surface area contributed by atoms with E-state index in [1.54, 1.807) is 0 Å². The van der Waals surface area contributed by atoms with Crippen LogP contribution in [0, 0.1) is 22.7 Å². The first-order valence-corrected chi connectivity index (χ1v) is 7.95. The molecule has 0 spiro atoms. The SMILES string of the molecule is CC1CCC(NC2CC(C)(C)CC(C)(C)C2)C1C. The Morgan fingerprint density at radius 2 is 1.44 bits per heavy atom. The molecule has 2 aliphatic carbocycles. The van der Waals surface area contributed by atoms with Crippen molar-refractivity contribution in [1.29, 1.82) is 0 Å². The molecule has 2 fully saturated rings. The average Bonchev–Trinajstić information content (AvgIpc) is 2.44.